The van der Waals surface area contributed by atoms with Crippen LogP contribution in [0.25, 0.3) is 0 Å². The van der Waals surface area contributed by atoms with Gasteiger partial charge in [-0.1, -0.05) is 11.6 Å². The smallest absolute Gasteiger partial charge is 0.232 e. The summed E-state index contributed by atoms with van der Waals surface area (Å²) in [7, 11) is -3.34. The number of unbranched alkanes of at least 4 members (excludes halogenated alkanes) is 1. The molecule has 0 unspecified atom stereocenters. The van der Waals surface area contributed by atoms with Crippen molar-refractivity contribution in [2.75, 3.05) is 16.4 Å². The van der Waals surface area contributed by atoms with Crippen LogP contribution in [-0.2, 0) is 10.0 Å². The molecule has 0 aliphatic heterocycles. The third-order valence-electron chi connectivity index (χ3n) is 1.99. The quantitative estimate of drug-likeness (QED) is 0.618. The van der Waals surface area contributed by atoms with Crippen LogP contribution in [0.15, 0.2) is 22.7 Å². The van der Waals surface area contributed by atoms with E-state index in [9.17, 15) is 8.42 Å². The minimum Gasteiger partial charge on any atom is -0.282 e. The van der Waals surface area contributed by atoms with Crippen molar-refractivity contribution in [3.63, 3.8) is 0 Å². The molecule has 0 radical (unpaired) electrons. The molecule has 0 bridgehead atoms. The largest absolute Gasteiger partial charge is 0.282 e. The number of hydrogen-bond donors (Lipinski definition) is 1. The molecule has 0 amide bonds. The Hall–Kier alpha value is 0.0300. The minimum absolute atomic E-state index is 0.0542. The molecular formula is C10H12BrCl2NO2S. The molecule has 1 aromatic carbocycles. The Morgan fingerprint density at radius 2 is 2.00 bits per heavy atom. The lowest BCUT2D eigenvalue weighted by molar-refractivity contribution is 0.598. The van der Waals surface area contributed by atoms with Gasteiger partial charge in [0.05, 0.1) is 11.4 Å². The van der Waals surface area contributed by atoms with Crippen LogP contribution in [0.2, 0.25) is 5.02 Å². The summed E-state index contributed by atoms with van der Waals surface area (Å²) in [6, 6.07) is 4.93. The average molecular weight is 361 g/mol. The highest BCUT2D eigenvalue weighted by Gasteiger charge is 2.12. The van der Waals surface area contributed by atoms with E-state index in [4.69, 9.17) is 23.2 Å². The lowest BCUT2D eigenvalue weighted by Crippen LogP contribution is -2.17. The van der Waals surface area contributed by atoms with Crippen molar-refractivity contribution in [3.8, 4) is 0 Å². The summed E-state index contributed by atoms with van der Waals surface area (Å²) in [5.74, 6) is 0.523. The van der Waals surface area contributed by atoms with E-state index >= 15 is 0 Å². The zero-order valence-corrected chi connectivity index (χ0v) is 12.8. The second-order valence-electron chi connectivity index (χ2n) is 3.44. The van der Waals surface area contributed by atoms with Crippen molar-refractivity contribution in [3.05, 3.63) is 27.7 Å². The second-order valence-corrected chi connectivity index (χ2v) is 6.95. The molecule has 96 valence electrons. The van der Waals surface area contributed by atoms with Crippen molar-refractivity contribution in [2.45, 2.75) is 12.8 Å². The van der Waals surface area contributed by atoms with Gasteiger partial charge in [-0.05, 0) is 47.0 Å². The van der Waals surface area contributed by atoms with E-state index in [1.807, 2.05) is 0 Å². The molecule has 1 N–H and O–H groups in total. The number of rotatable bonds is 6. The molecule has 1 rings (SSSR count). The molecule has 0 spiro atoms. The van der Waals surface area contributed by atoms with Crippen LogP contribution in [0.3, 0.4) is 0 Å². The van der Waals surface area contributed by atoms with Gasteiger partial charge in [0.15, 0.2) is 0 Å². The Kier molecular flexibility index (Phi) is 6.06. The minimum atomic E-state index is -3.34. The summed E-state index contributed by atoms with van der Waals surface area (Å²) < 4.78 is 26.6. The number of benzene rings is 1. The van der Waals surface area contributed by atoms with Gasteiger partial charge in [0.2, 0.25) is 10.0 Å². The van der Waals surface area contributed by atoms with Crippen molar-refractivity contribution in [1.29, 1.82) is 0 Å². The fourth-order valence-electron chi connectivity index (χ4n) is 1.18. The van der Waals surface area contributed by atoms with E-state index in [1.165, 1.54) is 0 Å². The highest BCUT2D eigenvalue weighted by Crippen LogP contribution is 2.26. The van der Waals surface area contributed by atoms with Crippen LogP contribution in [0.1, 0.15) is 12.8 Å². The normalized spacial score (nSPS) is 11.5. The van der Waals surface area contributed by atoms with E-state index < -0.39 is 10.0 Å². The number of anilines is 1. The first kappa shape index (κ1) is 15.1. The molecule has 0 fully saturated rings. The molecule has 7 heteroatoms. The maximum atomic E-state index is 11.7. The van der Waals surface area contributed by atoms with Crippen LogP contribution in [0, 0.1) is 0 Å². The standard InChI is InChI=1S/C10H12BrCl2NO2S/c11-9-4-3-8(13)7-10(9)14-17(15,16)6-2-1-5-12/h3-4,7,14H,1-2,5-6H2. The predicted octanol–water partition coefficient (Wildman–Crippen LogP) is 3.86. The summed E-state index contributed by atoms with van der Waals surface area (Å²) in [5, 5.41) is 0.478. The van der Waals surface area contributed by atoms with Gasteiger partial charge >= 0.3 is 0 Å². The fraction of sp³-hybridized carbons (Fsp3) is 0.400. The molecule has 0 aliphatic rings. The molecule has 3 nitrogen and oxygen atoms in total. The molecule has 0 aliphatic carbocycles. The van der Waals surface area contributed by atoms with Crippen molar-refractivity contribution in [1.82, 2.24) is 0 Å². The van der Waals surface area contributed by atoms with Gasteiger partial charge in [-0.25, -0.2) is 8.42 Å². The Labute approximate surface area is 120 Å². The van der Waals surface area contributed by atoms with E-state index in [0.29, 0.717) is 33.9 Å². The third kappa shape index (κ3) is 5.46. The Morgan fingerprint density at radius 3 is 2.65 bits per heavy atom. The van der Waals surface area contributed by atoms with Gasteiger partial charge in [-0.2, -0.15) is 0 Å². The topological polar surface area (TPSA) is 46.2 Å². The first-order valence-electron chi connectivity index (χ1n) is 4.96. The van der Waals surface area contributed by atoms with Gasteiger partial charge in [0.25, 0.3) is 0 Å². The predicted molar refractivity (Wildman–Crippen MR) is 76.5 cm³/mol. The zero-order valence-electron chi connectivity index (χ0n) is 8.92. The molecule has 0 saturated heterocycles. The van der Waals surface area contributed by atoms with Gasteiger partial charge in [0, 0.05) is 15.4 Å². The number of nitrogens with one attached hydrogen (secondary N) is 1. The van der Waals surface area contributed by atoms with Crippen LogP contribution in [-0.4, -0.2) is 20.1 Å². The van der Waals surface area contributed by atoms with E-state index in [-0.39, 0.29) is 5.75 Å². The summed E-state index contributed by atoms with van der Waals surface area (Å²) in [5.41, 5.74) is 0.448. The van der Waals surface area contributed by atoms with Crippen LogP contribution in [0.5, 0.6) is 0 Å². The molecule has 0 atom stereocenters. The molecule has 17 heavy (non-hydrogen) atoms. The first-order valence-corrected chi connectivity index (χ1v) is 8.32. The van der Waals surface area contributed by atoms with Crippen molar-refractivity contribution in [2.24, 2.45) is 0 Å². The van der Waals surface area contributed by atoms with Gasteiger partial charge < -0.3 is 0 Å². The highest BCUT2D eigenvalue weighted by molar-refractivity contribution is 9.10. The average Bonchev–Trinajstić information content (AvgIpc) is 2.23. The second kappa shape index (κ2) is 6.83. The molecule has 1 aromatic rings. The summed E-state index contributed by atoms with van der Waals surface area (Å²) in [6.07, 6.45) is 1.22. The lowest BCUT2D eigenvalue weighted by atomic mass is 10.3. The zero-order chi connectivity index (χ0) is 12.9. The lowest BCUT2D eigenvalue weighted by Gasteiger charge is -2.09. The third-order valence-corrected chi connectivity index (χ3v) is 4.54. The summed E-state index contributed by atoms with van der Waals surface area (Å²) in [6.45, 7) is 0. The first-order chi connectivity index (χ1) is 7.94. The molecular weight excluding hydrogens is 349 g/mol. The number of alkyl halides is 1. The van der Waals surface area contributed by atoms with Crippen LogP contribution in [0.4, 0.5) is 5.69 Å². The van der Waals surface area contributed by atoms with Crippen molar-refractivity contribution < 1.29 is 8.42 Å². The number of hydrogen-bond acceptors (Lipinski definition) is 2. The molecule has 0 saturated carbocycles. The van der Waals surface area contributed by atoms with Gasteiger partial charge in [0.1, 0.15) is 0 Å². The number of sulfonamides is 1. The molecule has 0 aromatic heterocycles. The molecule has 0 heterocycles. The van der Waals surface area contributed by atoms with E-state index in [2.05, 4.69) is 20.7 Å². The van der Waals surface area contributed by atoms with Crippen LogP contribution < -0.4 is 4.72 Å². The summed E-state index contributed by atoms with van der Waals surface area (Å²) >= 11 is 14.6. The SMILES string of the molecule is O=S(=O)(CCCCCl)Nc1cc(Cl)ccc1Br. The Bertz CT molecular complexity index is 479. The van der Waals surface area contributed by atoms with Crippen LogP contribution >= 0.6 is 39.1 Å². The monoisotopic (exact) mass is 359 g/mol. The Balaban J connectivity index is 2.72. The van der Waals surface area contributed by atoms with E-state index in [0.717, 1.165) is 0 Å². The maximum Gasteiger partial charge on any atom is 0.232 e. The van der Waals surface area contributed by atoms with Crippen molar-refractivity contribution >= 4 is 54.8 Å². The van der Waals surface area contributed by atoms with E-state index in [1.54, 1.807) is 18.2 Å². The number of halogens is 3. The maximum absolute atomic E-state index is 11.7. The fourth-order valence-corrected chi connectivity index (χ4v) is 3.21. The van der Waals surface area contributed by atoms with Gasteiger partial charge in [-0.3, -0.25) is 4.72 Å². The summed E-state index contributed by atoms with van der Waals surface area (Å²) in [4.78, 5) is 0. The van der Waals surface area contributed by atoms with Gasteiger partial charge in [-0.15, -0.1) is 11.6 Å². The Morgan fingerprint density at radius 1 is 1.29 bits per heavy atom. The highest BCUT2D eigenvalue weighted by atomic mass is 79.9.